The third-order valence-electron chi connectivity index (χ3n) is 2.59. The van der Waals surface area contributed by atoms with Gasteiger partial charge in [0.25, 0.3) is 0 Å². The molecule has 0 aliphatic carbocycles. The van der Waals surface area contributed by atoms with Crippen molar-refractivity contribution in [1.29, 1.82) is 0 Å². The monoisotopic (exact) mass is 259 g/mol. The number of oxime groups is 1. The molecular weight excluding hydrogens is 234 g/mol. The molecule has 0 aromatic heterocycles. The molecule has 6 heteroatoms. The number of rotatable bonds is 8. The lowest BCUT2D eigenvalue weighted by Crippen LogP contribution is -2.45. The number of amides is 1. The number of carbonyl (C=O) groups is 1. The molecule has 0 aromatic rings. The van der Waals surface area contributed by atoms with Gasteiger partial charge in [-0.2, -0.15) is 0 Å². The number of nitrogens with two attached hydrogens (primary N) is 1. The van der Waals surface area contributed by atoms with Crippen LogP contribution in [-0.2, 0) is 9.53 Å². The van der Waals surface area contributed by atoms with Crippen LogP contribution in [0, 0.1) is 5.92 Å². The van der Waals surface area contributed by atoms with Crippen LogP contribution in [0.5, 0.6) is 0 Å². The number of hydrogen-bond acceptors (Lipinski definition) is 4. The molecule has 0 bridgehead atoms. The Bertz CT molecular complexity index is 290. The van der Waals surface area contributed by atoms with E-state index < -0.39 is 11.5 Å². The maximum atomic E-state index is 11.9. The predicted molar refractivity (Wildman–Crippen MR) is 70.5 cm³/mol. The summed E-state index contributed by atoms with van der Waals surface area (Å²) in [5.74, 6) is -0.874. The first kappa shape index (κ1) is 16.7. The highest BCUT2D eigenvalue weighted by molar-refractivity contribution is 6.02. The second-order valence-electron chi connectivity index (χ2n) is 4.78. The van der Waals surface area contributed by atoms with Crippen LogP contribution in [-0.4, -0.2) is 35.7 Å². The van der Waals surface area contributed by atoms with Crippen molar-refractivity contribution >= 4 is 11.7 Å². The van der Waals surface area contributed by atoms with E-state index in [1.807, 2.05) is 27.7 Å². The molecule has 0 fully saturated rings. The van der Waals surface area contributed by atoms with Crippen LogP contribution in [0.3, 0.4) is 0 Å². The summed E-state index contributed by atoms with van der Waals surface area (Å²) in [6.07, 6.45) is 1.33. The Kier molecular flexibility index (Phi) is 7.35. The van der Waals surface area contributed by atoms with E-state index in [2.05, 4.69) is 10.5 Å². The molecule has 6 nitrogen and oxygen atoms in total. The maximum Gasteiger partial charge on any atom is 0.230 e. The number of amidine groups is 1. The molecule has 106 valence electrons. The normalized spacial score (nSPS) is 14.3. The average Bonchev–Trinajstić information content (AvgIpc) is 2.32. The fourth-order valence-corrected chi connectivity index (χ4v) is 1.64. The second-order valence-corrected chi connectivity index (χ2v) is 4.78. The Labute approximate surface area is 109 Å². The third-order valence-corrected chi connectivity index (χ3v) is 2.59. The number of nitrogens with one attached hydrogen (secondary N) is 1. The number of carbonyl (C=O) groups excluding carboxylic acids is 1. The van der Waals surface area contributed by atoms with E-state index in [0.717, 1.165) is 6.42 Å². The van der Waals surface area contributed by atoms with Crippen molar-refractivity contribution in [1.82, 2.24) is 5.32 Å². The first-order valence-electron chi connectivity index (χ1n) is 6.27. The Balaban J connectivity index is 4.44. The fraction of sp³-hybridized carbons (Fsp3) is 0.833. The second kappa shape index (κ2) is 7.92. The van der Waals surface area contributed by atoms with Crippen molar-refractivity contribution in [3.63, 3.8) is 0 Å². The summed E-state index contributed by atoms with van der Waals surface area (Å²) in [5.41, 5.74) is 5.09. The van der Waals surface area contributed by atoms with Crippen LogP contribution >= 0.6 is 0 Å². The summed E-state index contributed by atoms with van der Waals surface area (Å²) in [4.78, 5) is 11.9. The molecule has 4 N–H and O–H groups in total. The topological polar surface area (TPSA) is 96.9 Å². The van der Waals surface area contributed by atoms with Gasteiger partial charge in [0.2, 0.25) is 5.91 Å². The largest absolute Gasteiger partial charge is 0.409 e. The lowest BCUT2D eigenvalue weighted by Gasteiger charge is -2.26. The number of hydrogen-bond donors (Lipinski definition) is 3. The first-order chi connectivity index (χ1) is 8.37. The molecule has 0 rings (SSSR count). The minimum Gasteiger partial charge on any atom is -0.409 e. The molecular formula is C12H25N3O3. The van der Waals surface area contributed by atoms with E-state index in [-0.39, 0.29) is 11.7 Å². The van der Waals surface area contributed by atoms with E-state index in [9.17, 15) is 4.79 Å². The van der Waals surface area contributed by atoms with Gasteiger partial charge in [-0.3, -0.25) is 4.79 Å². The van der Waals surface area contributed by atoms with Gasteiger partial charge < -0.3 is 21.0 Å². The molecule has 0 aromatic carbocycles. The van der Waals surface area contributed by atoms with Crippen LogP contribution in [0.15, 0.2) is 5.16 Å². The fourth-order valence-electron chi connectivity index (χ4n) is 1.64. The molecule has 1 atom stereocenters. The summed E-state index contributed by atoms with van der Waals surface area (Å²) in [6, 6.07) is 0. The van der Waals surface area contributed by atoms with Gasteiger partial charge in [-0.05, 0) is 27.2 Å². The lowest BCUT2D eigenvalue weighted by atomic mass is 10.0. The zero-order valence-corrected chi connectivity index (χ0v) is 11.7. The van der Waals surface area contributed by atoms with Gasteiger partial charge in [-0.1, -0.05) is 18.5 Å². The summed E-state index contributed by atoms with van der Waals surface area (Å²) in [6.45, 7) is 8.61. The molecule has 0 aliphatic rings. The van der Waals surface area contributed by atoms with Crippen LogP contribution in [0.2, 0.25) is 0 Å². The van der Waals surface area contributed by atoms with Gasteiger partial charge in [0.05, 0.1) is 11.5 Å². The van der Waals surface area contributed by atoms with E-state index in [0.29, 0.717) is 19.6 Å². The summed E-state index contributed by atoms with van der Waals surface area (Å²) in [7, 11) is 0. The highest BCUT2D eigenvalue weighted by atomic mass is 16.5. The van der Waals surface area contributed by atoms with Crippen molar-refractivity contribution in [2.75, 3.05) is 13.2 Å². The first-order valence-corrected chi connectivity index (χ1v) is 6.27. The lowest BCUT2D eigenvalue weighted by molar-refractivity contribution is -0.124. The third kappa shape index (κ3) is 5.86. The van der Waals surface area contributed by atoms with E-state index >= 15 is 0 Å². The standard InChI is InChI=1S/C12H25N3O3/c1-5-7-9(10(13)15-17)11(16)14-8-12(3,4)18-6-2/h9,17H,5-8H2,1-4H3,(H2,13,15)(H,14,16). The van der Waals surface area contributed by atoms with Crippen LogP contribution in [0.25, 0.3) is 0 Å². The van der Waals surface area contributed by atoms with Crippen LogP contribution in [0.1, 0.15) is 40.5 Å². The van der Waals surface area contributed by atoms with Crippen LogP contribution in [0.4, 0.5) is 0 Å². The molecule has 0 spiro atoms. The van der Waals surface area contributed by atoms with Crippen molar-refractivity contribution in [2.45, 2.75) is 46.1 Å². The van der Waals surface area contributed by atoms with Gasteiger partial charge in [-0.15, -0.1) is 0 Å². The molecule has 0 aliphatic heterocycles. The van der Waals surface area contributed by atoms with Crippen molar-refractivity contribution in [3.8, 4) is 0 Å². The number of nitrogens with zero attached hydrogens (tertiary/aromatic N) is 1. The van der Waals surface area contributed by atoms with Crippen molar-refractivity contribution < 1.29 is 14.7 Å². The van der Waals surface area contributed by atoms with Crippen LogP contribution < -0.4 is 11.1 Å². The smallest absolute Gasteiger partial charge is 0.230 e. The van der Waals surface area contributed by atoms with Crippen molar-refractivity contribution in [3.05, 3.63) is 0 Å². The quantitative estimate of drug-likeness (QED) is 0.263. The summed E-state index contributed by atoms with van der Waals surface area (Å²) in [5, 5.41) is 14.3. The summed E-state index contributed by atoms with van der Waals surface area (Å²) < 4.78 is 5.48. The Morgan fingerprint density at radius 3 is 2.56 bits per heavy atom. The Hall–Kier alpha value is -1.30. The molecule has 18 heavy (non-hydrogen) atoms. The van der Waals surface area contributed by atoms with Gasteiger partial charge in [0.1, 0.15) is 0 Å². The number of ether oxygens (including phenoxy) is 1. The van der Waals surface area contributed by atoms with Gasteiger partial charge >= 0.3 is 0 Å². The molecule has 0 saturated carbocycles. The zero-order valence-electron chi connectivity index (χ0n) is 11.7. The van der Waals surface area contributed by atoms with Gasteiger partial charge in [0, 0.05) is 13.2 Å². The summed E-state index contributed by atoms with van der Waals surface area (Å²) >= 11 is 0. The Morgan fingerprint density at radius 2 is 2.11 bits per heavy atom. The minimum absolute atomic E-state index is 0.0523. The van der Waals surface area contributed by atoms with E-state index in [1.54, 1.807) is 0 Å². The molecule has 0 radical (unpaired) electrons. The molecule has 1 unspecified atom stereocenters. The van der Waals surface area contributed by atoms with E-state index in [1.165, 1.54) is 0 Å². The van der Waals surface area contributed by atoms with Crippen molar-refractivity contribution in [2.24, 2.45) is 16.8 Å². The molecule has 0 heterocycles. The highest BCUT2D eigenvalue weighted by Gasteiger charge is 2.25. The maximum absolute atomic E-state index is 11.9. The average molecular weight is 259 g/mol. The SMILES string of the molecule is CCCC(C(=O)NCC(C)(C)OCC)C(N)=NO. The molecule has 1 amide bonds. The van der Waals surface area contributed by atoms with Gasteiger partial charge in [0.15, 0.2) is 5.84 Å². The molecule has 0 saturated heterocycles. The Morgan fingerprint density at radius 1 is 1.50 bits per heavy atom. The van der Waals surface area contributed by atoms with Gasteiger partial charge in [-0.25, -0.2) is 0 Å². The zero-order chi connectivity index (χ0) is 14.2. The highest BCUT2D eigenvalue weighted by Crippen LogP contribution is 2.10. The predicted octanol–water partition coefficient (Wildman–Crippen LogP) is 1.08. The van der Waals surface area contributed by atoms with E-state index in [4.69, 9.17) is 15.7 Å². The minimum atomic E-state index is -0.586.